The summed E-state index contributed by atoms with van der Waals surface area (Å²) in [6.45, 7) is 1.84. The minimum Gasteiger partial charge on any atom is -0.324 e. The fraction of sp³-hybridized carbons (Fsp3) is 0.143. The number of nitrogens with two attached hydrogens (primary N) is 1. The second-order valence-corrected chi connectivity index (χ2v) is 4.91. The van der Waals surface area contributed by atoms with Crippen molar-refractivity contribution in [2.75, 3.05) is 0 Å². The third-order valence-corrected chi connectivity index (χ3v) is 3.58. The van der Waals surface area contributed by atoms with Crippen molar-refractivity contribution in [2.24, 2.45) is 5.73 Å². The molecule has 2 aromatic carbocycles. The largest absolute Gasteiger partial charge is 0.324 e. The van der Waals surface area contributed by atoms with E-state index in [2.05, 4.69) is 0 Å². The van der Waals surface area contributed by atoms with Gasteiger partial charge >= 0.3 is 0 Å². The van der Waals surface area contributed by atoms with Gasteiger partial charge in [0.15, 0.2) is 0 Å². The van der Waals surface area contributed by atoms with Gasteiger partial charge in [0.2, 0.25) is 0 Å². The second-order valence-electron chi connectivity index (χ2n) is 4.13. The predicted molar refractivity (Wildman–Crippen MR) is 74.5 cm³/mol. The molecule has 0 aliphatic carbocycles. The molecule has 0 aliphatic heterocycles. The van der Waals surface area contributed by atoms with Crippen LogP contribution in [0, 0.1) is 5.82 Å². The Morgan fingerprint density at radius 3 is 2.50 bits per heavy atom. The number of hydrogen-bond donors (Lipinski definition) is 1. The van der Waals surface area contributed by atoms with Crippen molar-refractivity contribution >= 4 is 23.2 Å². The Morgan fingerprint density at radius 2 is 1.83 bits per heavy atom. The van der Waals surface area contributed by atoms with Gasteiger partial charge in [0.05, 0.1) is 10.0 Å². The first-order valence-electron chi connectivity index (χ1n) is 5.50. The average Bonchev–Trinajstić information content (AvgIpc) is 2.33. The van der Waals surface area contributed by atoms with E-state index in [1.807, 2.05) is 6.92 Å². The molecule has 2 N–H and O–H groups in total. The first-order chi connectivity index (χ1) is 8.50. The zero-order valence-electron chi connectivity index (χ0n) is 9.75. The standard InChI is InChI=1S/C14H12Cl2FN/c1-8(18)9-5-6-13(17)11(7-9)10-3-2-4-12(15)14(10)16/h2-8H,18H2,1H3. The van der Waals surface area contributed by atoms with Crippen molar-refractivity contribution in [3.63, 3.8) is 0 Å². The summed E-state index contributed by atoms with van der Waals surface area (Å²) in [7, 11) is 0. The van der Waals surface area contributed by atoms with Gasteiger partial charge in [-0.15, -0.1) is 0 Å². The van der Waals surface area contributed by atoms with Crippen molar-refractivity contribution < 1.29 is 4.39 Å². The van der Waals surface area contributed by atoms with E-state index in [0.717, 1.165) is 5.56 Å². The molecule has 0 amide bonds. The summed E-state index contributed by atoms with van der Waals surface area (Å²) in [6, 6.07) is 9.74. The Labute approximate surface area is 115 Å². The second kappa shape index (κ2) is 5.27. The van der Waals surface area contributed by atoms with E-state index >= 15 is 0 Å². The topological polar surface area (TPSA) is 26.0 Å². The van der Waals surface area contributed by atoms with Crippen LogP contribution in [-0.4, -0.2) is 0 Å². The molecule has 2 rings (SSSR count). The van der Waals surface area contributed by atoms with Gasteiger partial charge < -0.3 is 5.73 Å². The van der Waals surface area contributed by atoms with Gasteiger partial charge in [0.25, 0.3) is 0 Å². The summed E-state index contributed by atoms with van der Waals surface area (Å²) in [5.74, 6) is -0.344. The Kier molecular flexibility index (Phi) is 3.91. The van der Waals surface area contributed by atoms with E-state index in [-0.39, 0.29) is 11.9 Å². The number of halogens is 3. The molecular formula is C14H12Cl2FN. The zero-order valence-corrected chi connectivity index (χ0v) is 11.3. The minimum atomic E-state index is -0.344. The molecule has 0 saturated carbocycles. The molecule has 0 radical (unpaired) electrons. The van der Waals surface area contributed by atoms with Crippen LogP contribution in [0.5, 0.6) is 0 Å². The molecule has 94 valence electrons. The number of benzene rings is 2. The highest BCUT2D eigenvalue weighted by Gasteiger charge is 2.12. The van der Waals surface area contributed by atoms with Crippen LogP contribution in [0.3, 0.4) is 0 Å². The van der Waals surface area contributed by atoms with Gasteiger partial charge in [-0.3, -0.25) is 0 Å². The summed E-state index contributed by atoms with van der Waals surface area (Å²) < 4.78 is 13.9. The van der Waals surface area contributed by atoms with E-state index in [4.69, 9.17) is 28.9 Å². The molecule has 0 bridgehead atoms. The molecule has 0 aromatic heterocycles. The van der Waals surface area contributed by atoms with Crippen molar-refractivity contribution in [1.82, 2.24) is 0 Å². The predicted octanol–water partition coefficient (Wildman–Crippen LogP) is 4.82. The summed E-state index contributed by atoms with van der Waals surface area (Å²) in [4.78, 5) is 0. The van der Waals surface area contributed by atoms with E-state index in [1.165, 1.54) is 6.07 Å². The first kappa shape index (κ1) is 13.3. The highest BCUT2D eigenvalue weighted by Crippen LogP contribution is 2.35. The average molecular weight is 284 g/mol. The van der Waals surface area contributed by atoms with Gasteiger partial charge in [-0.25, -0.2) is 4.39 Å². The summed E-state index contributed by atoms with van der Waals surface area (Å²) in [5, 5.41) is 0.750. The van der Waals surface area contributed by atoms with E-state index in [1.54, 1.807) is 30.3 Å². The van der Waals surface area contributed by atoms with Crippen molar-refractivity contribution in [3.05, 3.63) is 57.8 Å². The maximum absolute atomic E-state index is 13.9. The lowest BCUT2D eigenvalue weighted by atomic mass is 10.00. The third-order valence-electron chi connectivity index (χ3n) is 2.76. The smallest absolute Gasteiger partial charge is 0.131 e. The molecule has 4 heteroatoms. The summed E-state index contributed by atoms with van der Waals surface area (Å²) in [5.41, 5.74) is 7.63. The van der Waals surface area contributed by atoms with Gasteiger partial charge in [0, 0.05) is 17.2 Å². The van der Waals surface area contributed by atoms with Crippen LogP contribution in [0.1, 0.15) is 18.5 Å². The van der Waals surface area contributed by atoms with Gasteiger partial charge in [-0.05, 0) is 30.7 Å². The van der Waals surface area contributed by atoms with Crippen LogP contribution < -0.4 is 5.73 Å². The maximum atomic E-state index is 13.9. The number of rotatable bonds is 2. The van der Waals surface area contributed by atoms with Crippen molar-refractivity contribution in [3.8, 4) is 11.1 Å². The molecule has 1 atom stereocenters. The Morgan fingerprint density at radius 1 is 1.11 bits per heavy atom. The highest BCUT2D eigenvalue weighted by molar-refractivity contribution is 6.43. The van der Waals surface area contributed by atoms with Gasteiger partial charge in [0.1, 0.15) is 5.82 Å². The molecule has 1 nitrogen and oxygen atoms in total. The fourth-order valence-electron chi connectivity index (χ4n) is 1.74. The van der Waals surface area contributed by atoms with Crippen molar-refractivity contribution in [2.45, 2.75) is 13.0 Å². The lowest BCUT2D eigenvalue weighted by molar-refractivity contribution is 0.629. The Hall–Kier alpha value is -1.09. The Balaban J connectivity index is 2.63. The quantitative estimate of drug-likeness (QED) is 0.840. The zero-order chi connectivity index (χ0) is 13.3. The van der Waals surface area contributed by atoms with E-state index < -0.39 is 0 Å². The lowest BCUT2D eigenvalue weighted by Crippen LogP contribution is -2.05. The van der Waals surface area contributed by atoms with Crippen molar-refractivity contribution in [1.29, 1.82) is 0 Å². The first-order valence-corrected chi connectivity index (χ1v) is 6.25. The summed E-state index contributed by atoms with van der Waals surface area (Å²) in [6.07, 6.45) is 0. The van der Waals surface area contributed by atoms with Crippen LogP contribution >= 0.6 is 23.2 Å². The van der Waals surface area contributed by atoms with Crippen LogP contribution in [-0.2, 0) is 0 Å². The summed E-state index contributed by atoms with van der Waals surface area (Å²) >= 11 is 12.0. The SMILES string of the molecule is CC(N)c1ccc(F)c(-c2cccc(Cl)c2Cl)c1. The normalized spacial score (nSPS) is 12.5. The molecule has 2 aromatic rings. The van der Waals surface area contributed by atoms with E-state index in [0.29, 0.717) is 21.2 Å². The highest BCUT2D eigenvalue weighted by atomic mass is 35.5. The molecular weight excluding hydrogens is 272 g/mol. The van der Waals surface area contributed by atoms with Gasteiger partial charge in [-0.1, -0.05) is 41.4 Å². The molecule has 0 saturated heterocycles. The van der Waals surface area contributed by atoms with Crippen LogP contribution in [0.4, 0.5) is 4.39 Å². The molecule has 1 unspecified atom stereocenters. The maximum Gasteiger partial charge on any atom is 0.131 e. The fourth-order valence-corrected chi connectivity index (χ4v) is 2.15. The van der Waals surface area contributed by atoms with Gasteiger partial charge in [-0.2, -0.15) is 0 Å². The minimum absolute atomic E-state index is 0.165. The van der Waals surface area contributed by atoms with Crippen LogP contribution in [0.2, 0.25) is 10.0 Å². The lowest BCUT2D eigenvalue weighted by Gasteiger charge is -2.11. The molecule has 0 fully saturated rings. The molecule has 0 spiro atoms. The monoisotopic (exact) mass is 283 g/mol. The molecule has 0 heterocycles. The van der Waals surface area contributed by atoms with Crippen LogP contribution in [0.15, 0.2) is 36.4 Å². The van der Waals surface area contributed by atoms with E-state index in [9.17, 15) is 4.39 Å². The van der Waals surface area contributed by atoms with Crippen LogP contribution in [0.25, 0.3) is 11.1 Å². The Bertz CT molecular complexity index is 582. The third kappa shape index (κ3) is 2.51. The molecule has 18 heavy (non-hydrogen) atoms. The number of hydrogen-bond acceptors (Lipinski definition) is 1. The molecule has 0 aliphatic rings.